The van der Waals surface area contributed by atoms with Gasteiger partial charge in [-0.15, -0.1) is 0 Å². The first kappa shape index (κ1) is 11.8. The Kier molecular flexibility index (Phi) is 3.58. The number of hydrogen-bond donors (Lipinski definition) is 0. The van der Waals surface area contributed by atoms with Gasteiger partial charge in [0.25, 0.3) is 0 Å². The Morgan fingerprint density at radius 1 is 1.12 bits per heavy atom. The third-order valence-corrected chi connectivity index (χ3v) is 3.08. The molecule has 0 spiro atoms. The standard InChI is InChI=1S/C16H18O/c1-12(10-13(2)17)11-15-8-5-7-14-6-3-4-9-16(14)15/h3-9,12H,10-11H2,1-2H3. The SMILES string of the molecule is CC(=O)CC(C)Cc1cccc2ccccc12. The summed E-state index contributed by atoms with van der Waals surface area (Å²) in [5.74, 6) is 0.691. The number of fused-ring (bicyclic) bond motifs is 1. The molecule has 2 rings (SSSR count). The van der Waals surface area contributed by atoms with Crippen molar-refractivity contribution >= 4 is 16.6 Å². The Morgan fingerprint density at radius 2 is 1.82 bits per heavy atom. The predicted molar refractivity (Wildman–Crippen MR) is 72.1 cm³/mol. The fourth-order valence-corrected chi connectivity index (χ4v) is 2.41. The molecule has 0 heterocycles. The molecule has 88 valence electrons. The fraction of sp³-hybridized carbons (Fsp3) is 0.312. The topological polar surface area (TPSA) is 17.1 Å². The van der Waals surface area contributed by atoms with Crippen LogP contribution >= 0.6 is 0 Å². The van der Waals surface area contributed by atoms with Crippen LogP contribution in [-0.4, -0.2) is 5.78 Å². The van der Waals surface area contributed by atoms with Gasteiger partial charge in [-0.25, -0.2) is 0 Å². The monoisotopic (exact) mass is 226 g/mol. The van der Waals surface area contributed by atoms with E-state index in [1.165, 1.54) is 16.3 Å². The molecule has 0 saturated carbocycles. The van der Waals surface area contributed by atoms with Gasteiger partial charge in [-0.3, -0.25) is 0 Å². The molecule has 0 radical (unpaired) electrons. The van der Waals surface area contributed by atoms with E-state index >= 15 is 0 Å². The minimum absolute atomic E-state index is 0.276. The molecule has 0 bridgehead atoms. The molecule has 0 saturated heterocycles. The second kappa shape index (κ2) is 5.13. The van der Waals surface area contributed by atoms with Gasteiger partial charge in [-0.2, -0.15) is 0 Å². The highest BCUT2D eigenvalue weighted by Gasteiger charge is 2.08. The summed E-state index contributed by atoms with van der Waals surface area (Å²) >= 11 is 0. The van der Waals surface area contributed by atoms with Crippen molar-refractivity contribution in [3.8, 4) is 0 Å². The van der Waals surface area contributed by atoms with Crippen LogP contribution in [0.4, 0.5) is 0 Å². The van der Waals surface area contributed by atoms with E-state index in [-0.39, 0.29) is 5.78 Å². The van der Waals surface area contributed by atoms with Crippen LogP contribution < -0.4 is 0 Å². The van der Waals surface area contributed by atoms with Gasteiger partial charge in [-0.05, 0) is 35.6 Å². The lowest BCUT2D eigenvalue weighted by molar-refractivity contribution is -0.117. The molecule has 0 N–H and O–H groups in total. The van der Waals surface area contributed by atoms with Crippen molar-refractivity contribution in [2.45, 2.75) is 26.7 Å². The largest absolute Gasteiger partial charge is 0.300 e. The number of ketones is 1. The minimum atomic E-state index is 0.276. The van der Waals surface area contributed by atoms with Crippen LogP contribution in [0.25, 0.3) is 10.8 Å². The molecular formula is C16H18O. The van der Waals surface area contributed by atoms with Gasteiger partial charge in [0.15, 0.2) is 0 Å². The Hall–Kier alpha value is -1.63. The lowest BCUT2D eigenvalue weighted by Crippen LogP contribution is -2.05. The van der Waals surface area contributed by atoms with Crippen molar-refractivity contribution in [1.29, 1.82) is 0 Å². The van der Waals surface area contributed by atoms with E-state index in [0.29, 0.717) is 12.3 Å². The maximum atomic E-state index is 11.1. The lowest BCUT2D eigenvalue weighted by Gasteiger charge is -2.11. The summed E-state index contributed by atoms with van der Waals surface area (Å²) in [6, 6.07) is 14.8. The summed E-state index contributed by atoms with van der Waals surface area (Å²) in [5, 5.41) is 2.59. The average Bonchev–Trinajstić information content (AvgIpc) is 2.28. The van der Waals surface area contributed by atoms with Crippen molar-refractivity contribution in [1.82, 2.24) is 0 Å². The highest BCUT2D eigenvalue weighted by Crippen LogP contribution is 2.22. The zero-order valence-electron chi connectivity index (χ0n) is 10.4. The first-order valence-electron chi connectivity index (χ1n) is 6.13. The summed E-state index contributed by atoms with van der Waals surface area (Å²) in [5.41, 5.74) is 1.34. The van der Waals surface area contributed by atoms with Crippen LogP contribution in [0.2, 0.25) is 0 Å². The highest BCUT2D eigenvalue weighted by molar-refractivity contribution is 5.85. The highest BCUT2D eigenvalue weighted by atomic mass is 16.1. The molecule has 17 heavy (non-hydrogen) atoms. The number of hydrogen-bond acceptors (Lipinski definition) is 1. The van der Waals surface area contributed by atoms with E-state index in [1.54, 1.807) is 6.92 Å². The maximum absolute atomic E-state index is 11.1. The Morgan fingerprint density at radius 3 is 2.59 bits per heavy atom. The van der Waals surface area contributed by atoms with Crippen molar-refractivity contribution in [2.75, 3.05) is 0 Å². The van der Waals surface area contributed by atoms with Crippen LogP contribution in [0.3, 0.4) is 0 Å². The summed E-state index contributed by atoms with van der Waals surface area (Å²) in [7, 11) is 0. The first-order valence-corrected chi connectivity index (χ1v) is 6.13. The predicted octanol–water partition coefficient (Wildman–Crippen LogP) is 4.00. The van der Waals surface area contributed by atoms with Gasteiger partial charge in [0.05, 0.1) is 0 Å². The van der Waals surface area contributed by atoms with Crippen LogP contribution in [0.15, 0.2) is 42.5 Å². The fourth-order valence-electron chi connectivity index (χ4n) is 2.41. The van der Waals surface area contributed by atoms with Crippen LogP contribution in [0.1, 0.15) is 25.8 Å². The molecule has 0 fully saturated rings. The van der Waals surface area contributed by atoms with E-state index in [1.807, 2.05) is 0 Å². The number of Topliss-reactive ketones (excluding diaryl/α,β-unsaturated/α-hetero) is 1. The van der Waals surface area contributed by atoms with Gasteiger partial charge < -0.3 is 4.79 Å². The second-order valence-corrected chi connectivity index (χ2v) is 4.85. The van der Waals surface area contributed by atoms with Crippen LogP contribution in [-0.2, 0) is 11.2 Å². The first-order chi connectivity index (χ1) is 8.16. The smallest absolute Gasteiger partial charge is 0.130 e. The average molecular weight is 226 g/mol. The van der Waals surface area contributed by atoms with Crippen molar-refractivity contribution in [2.24, 2.45) is 5.92 Å². The Labute approximate surface area is 102 Å². The normalized spacial score (nSPS) is 12.6. The molecule has 0 aliphatic heterocycles. The molecular weight excluding hydrogens is 208 g/mol. The van der Waals surface area contributed by atoms with Gasteiger partial charge in [0.1, 0.15) is 5.78 Å². The minimum Gasteiger partial charge on any atom is -0.300 e. The van der Waals surface area contributed by atoms with Crippen molar-refractivity contribution in [3.63, 3.8) is 0 Å². The molecule has 0 aliphatic carbocycles. The van der Waals surface area contributed by atoms with E-state index in [9.17, 15) is 4.79 Å². The summed E-state index contributed by atoms with van der Waals surface area (Å²) in [6.07, 6.45) is 1.64. The molecule has 1 unspecified atom stereocenters. The van der Waals surface area contributed by atoms with Crippen molar-refractivity contribution in [3.05, 3.63) is 48.0 Å². The Balaban J connectivity index is 2.26. The number of rotatable bonds is 4. The molecule has 2 aromatic carbocycles. The van der Waals surface area contributed by atoms with E-state index in [0.717, 1.165) is 6.42 Å². The van der Waals surface area contributed by atoms with Crippen LogP contribution in [0.5, 0.6) is 0 Å². The molecule has 0 amide bonds. The quantitative estimate of drug-likeness (QED) is 0.770. The number of benzene rings is 2. The van der Waals surface area contributed by atoms with E-state index in [2.05, 4.69) is 49.4 Å². The molecule has 0 aliphatic rings. The van der Waals surface area contributed by atoms with Gasteiger partial charge in [-0.1, -0.05) is 49.4 Å². The van der Waals surface area contributed by atoms with E-state index < -0.39 is 0 Å². The van der Waals surface area contributed by atoms with Crippen LogP contribution in [0, 0.1) is 5.92 Å². The molecule has 0 aromatic heterocycles. The van der Waals surface area contributed by atoms with Crippen molar-refractivity contribution < 1.29 is 4.79 Å². The van der Waals surface area contributed by atoms with Gasteiger partial charge in [0.2, 0.25) is 0 Å². The molecule has 2 aromatic rings. The zero-order chi connectivity index (χ0) is 12.3. The third kappa shape index (κ3) is 2.94. The number of carbonyl (C=O) groups excluding carboxylic acids is 1. The molecule has 1 nitrogen and oxygen atoms in total. The Bertz CT molecular complexity index is 523. The molecule has 1 atom stereocenters. The van der Waals surface area contributed by atoms with Gasteiger partial charge in [0, 0.05) is 6.42 Å². The summed E-state index contributed by atoms with van der Waals surface area (Å²) in [6.45, 7) is 3.81. The van der Waals surface area contributed by atoms with Gasteiger partial charge >= 0.3 is 0 Å². The maximum Gasteiger partial charge on any atom is 0.130 e. The third-order valence-electron chi connectivity index (χ3n) is 3.08. The number of carbonyl (C=O) groups is 1. The van der Waals surface area contributed by atoms with E-state index in [4.69, 9.17) is 0 Å². The molecule has 1 heteroatoms. The summed E-state index contributed by atoms with van der Waals surface area (Å²) < 4.78 is 0. The zero-order valence-corrected chi connectivity index (χ0v) is 10.4. The lowest BCUT2D eigenvalue weighted by atomic mass is 9.93. The summed E-state index contributed by atoms with van der Waals surface area (Å²) in [4.78, 5) is 11.1. The second-order valence-electron chi connectivity index (χ2n) is 4.85.